The number of hydrogen-bond acceptors (Lipinski definition) is 5. The van der Waals surface area contributed by atoms with Crippen molar-refractivity contribution in [2.45, 2.75) is 18.4 Å². The second-order valence-electron chi connectivity index (χ2n) is 4.49. The van der Waals surface area contributed by atoms with Gasteiger partial charge < -0.3 is 15.2 Å². The molecular formula is C12H16N2O4. The Hall–Kier alpha value is -1.66. The smallest absolute Gasteiger partial charge is 0.310 e. The van der Waals surface area contributed by atoms with Crippen molar-refractivity contribution in [1.82, 2.24) is 5.32 Å². The van der Waals surface area contributed by atoms with Crippen LogP contribution in [0.3, 0.4) is 0 Å². The zero-order valence-corrected chi connectivity index (χ0v) is 9.96. The van der Waals surface area contributed by atoms with Crippen molar-refractivity contribution < 1.29 is 14.8 Å². The van der Waals surface area contributed by atoms with Crippen LogP contribution in [0.2, 0.25) is 0 Å². The molecule has 2 rings (SSSR count). The topological polar surface area (TPSA) is 84.6 Å². The number of nitro benzene ring substituents is 1. The number of nitrogens with one attached hydrogen (secondary N) is 1. The minimum Gasteiger partial charge on any atom is -0.484 e. The van der Waals surface area contributed by atoms with Crippen molar-refractivity contribution in [2.24, 2.45) is 0 Å². The third-order valence-electron chi connectivity index (χ3n) is 3.09. The van der Waals surface area contributed by atoms with Crippen LogP contribution in [0.15, 0.2) is 24.3 Å². The average molecular weight is 252 g/mol. The summed E-state index contributed by atoms with van der Waals surface area (Å²) >= 11 is 0. The Kier molecular flexibility index (Phi) is 3.78. The fraction of sp³-hybridized carbons (Fsp3) is 0.500. The van der Waals surface area contributed by atoms with Gasteiger partial charge >= 0.3 is 5.69 Å². The van der Waals surface area contributed by atoms with E-state index in [0.29, 0.717) is 12.8 Å². The summed E-state index contributed by atoms with van der Waals surface area (Å²) in [7, 11) is 0. The van der Waals surface area contributed by atoms with Crippen molar-refractivity contribution in [2.75, 3.05) is 19.7 Å². The number of benzene rings is 1. The summed E-state index contributed by atoms with van der Waals surface area (Å²) in [6, 6.07) is 6.20. The second kappa shape index (κ2) is 5.32. The summed E-state index contributed by atoms with van der Waals surface area (Å²) < 4.78 is 5.42. The molecule has 1 fully saturated rings. The van der Waals surface area contributed by atoms with Crippen LogP contribution in [0.5, 0.6) is 5.75 Å². The molecule has 2 N–H and O–H groups in total. The largest absolute Gasteiger partial charge is 0.484 e. The molecule has 0 aliphatic carbocycles. The van der Waals surface area contributed by atoms with E-state index in [0.717, 1.165) is 13.1 Å². The van der Waals surface area contributed by atoms with Gasteiger partial charge in [-0.05, 0) is 32.0 Å². The minimum atomic E-state index is -0.894. The number of nitro groups is 1. The van der Waals surface area contributed by atoms with E-state index in [9.17, 15) is 15.2 Å². The highest BCUT2D eigenvalue weighted by molar-refractivity contribution is 5.45. The zero-order chi connectivity index (χ0) is 13.0. The third-order valence-corrected chi connectivity index (χ3v) is 3.09. The zero-order valence-electron chi connectivity index (χ0n) is 9.96. The number of aliphatic hydroxyl groups is 1. The Morgan fingerprint density at radius 3 is 2.72 bits per heavy atom. The van der Waals surface area contributed by atoms with Gasteiger partial charge in [-0.15, -0.1) is 0 Å². The highest BCUT2D eigenvalue weighted by Gasteiger charge is 2.30. The number of para-hydroxylation sites is 2. The first kappa shape index (κ1) is 12.8. The molecule has 0 unspecified atom stereocenters. The van der Waals surface area contributed by atoms with Crippen LogP contribution in [0.25, 0.3) is 0 Å². The van der Waals surface area contributed by atoms with Crippen LogP contribution >= 0.6 is 0 Å². The number of piperidine rings is 1. The van der Waals surface area contributed by atoms with Crippen molar-refractivity contribution in [3.63, 3.8) is 0 Å². The lowest BCUT2D eigenvalue weighted by molar-refractivity contribution is -0.386. The van der Waals surface area contributed by atoms with Crippen LogP contribution in [0.1, 0.15) is 12.8 Å². The standard InChI is InChI=1S/C12H16N2O4/c15-12(5-7-13-8-6-12)9-18-11-4-2-1-3-10(11)14(16)17/h1-4,13,15H,5-9H2. The summed E-state index contributed by atoms with van der Waals surface area (Å²) in [4.78, 5) is 10.3. The van der Waals surface area contributed by atoms with E-state index in [2.05, 4.69) is 5.32 Å². The van der Waals surface area contributed by atoms with E-state index < -0.39 is 10.5 Å². The molecular weight excluding hydrogens is 236 g/mol. The van der Waals surface area contributed by atoms with Crippen LogP contribution in [-0.2, 0) is 0 Å². The molecule has 6 heteroatoms. The Bertz CT molecular complexity index is 430. The Morgan fingerprint density at radius 2 is 2.06 bits per heavy atom. The predicted molar refractivity (Wildman–Crippen MR) is 65.6 cm³/mol. The van der Waals surface area contributed by atoms with Gasteiger partial charge in [0, 0.05) is 6.07 Å². The van der Waals surface area contributed by atoms with Gasteiger partial charge in [0.25, 0.3) is 0 Å². The summed E-state index contributed by atoms with van der Waals surface area (Å²) in [5.74, 6) is 0.203. The van der Waals surface area contributed by atoms with Crippen molar-refractivity contribution in [1.29, 1.82) is 0 Å². The first-order valence-electron chi connectivity index (χ1n) is 5.90. The first-order chi connectivity index (χ1) is 8.61. The Morgan fingerprint density at radius 1 is 1.39 bits per heavy atom. The molecule has 1 aliphatic rings. The van der Waals surface area contributed by atoms with E-state index in [-0.39, 0.29) is 18.0 Å². The lowest BCUT2D eigenvalue weighted by atomic mass is 9.93. The third kappa shape index (κ3) is 2.96. The van der Waals surface area contributed by atoms with Crippen LogP contribution in [0.4, 0.5) is 5.69 Å². The van der Waals surface area contributed by atoms with Crippen LogP contribution in [0, 0.1) is 10.1 Å². The molecule has 0 aromatic heterocycles. The first-order valence-corrected chi connectivity index (χ1v) is 5.90. The minimum absolute atomic E-state index is 0.0740. The van der Waals surface area contributed by atoms with Crippen molar-refractivity contribution in [3.8, 4) is 5.75 Å². The van der Waals surface area contributed by atoms with Crippen LogP contribution in [-0.4, -0.2) is 35.3 Å². The van der Waals surface area contributed by atoms with E-state index in [1.165, 1.54) is 6.07 Å². The molecule has 0 amide bonds. The molecule has 1 aromatic rings. The normalized spacial score (nSPS) is 18.3. The maximum absolute atomic E-state index is 10.8. The van der Waals surface area contributed by atoms with E-state index >= 15 is 0 Å². The summed E-state index contributed by atoms with van der Waals surface area (Å²) in [5.41, 5.74) is -0.968. The van der Waals surface area contributed by atoms with E-state index in [4.69, 9.17) is 4.74 Å². The quantitative estimate of drug-likeness (QED) is 0.619. The van der Waals surface area contributed by atoms with Gasteiger partial charge in [-0.2, -0.15) is 0 Å². The van der Waals surface area contributed by atoms with Gasteiger partial charge in [-0.25, -0.2) is 0 Å². The van der Waals surface area contributed by atoms with Gasteiger partial charge in [0.05, 0.1) is 4.92 Å². The summed E-state index contributed by atoms with van der Waals surface area (Å²) in [5, 5.41) is 24.2. The predicted octanol–water partition coefficient (Wildman–Crippen LogP) is 1.09. The lowest BCUT2D eigenvalue weighted by Crippen LogP contribution is -2.46. The summed E-state index contributed by atoms with van der Waals surface area (Å²) in [6.45, 7) is 1.55. The Labute approximate surface area is 105 Å². The van der Waals surface area contributed by atoms with Gasteiger partial charge in [-0.1, -0.05) is 12.1 Å². The molecule has 0 spiro atoms. The molecule has 1 aromatic carbocycles. The van der Waals surface area contributed by atoms with Gasteiger partial charge in [0.2, 0.25) is 0 Å². The number of hydrogen-bond donors (Lipinski definition) is 2. The highest BCUT2D eigenvalue weighted by atomic mass is 16.6. The second-order valence-corrected chi connectivity index (χ2v) is 4.49. The summed E-state index contributed by atoms with van der Waals surface area (Å²) in [6.07, 6.45) is 1.18. The maximum atomic E-state index is 10.8. The molecule has 0 radical (unpaired) electrons. The molecule has 0 saturated carbocycles. The number of ether oxygens (including phenoxy) is 1. The monoisotopic (exact) mass is 252 g/mol. The number of rotatable bonds is 4. The molecule has 6 nitrogen and oxygen atoms in total. The van der Waals surface area contributed by atoms with Gasteiger partial charge in [0.1, 0.15) is 12.2 Å². The molecule has 98 valence electrons. The fourth-order valence-corrected chi connectivity index (χ4v) is 1.98. The maximum Gasteiger partial charge on any atom is 0.310 e. The SMILES string of the molecule is O=[N+]([O-])c1ccccc1OCC1(O)CCNCC1. The number of nitrogens with zero attached hydrogens (tertiary/aromatic N) is 1. The van der Waals surface area contributed by atoms with Gasteiger partial charge in [-0.3, -0.25) is 10.1 Å². The van der Waals surface area contributed by atoms with Crippen molar-refractivity contribution in [3.05, 3.63) is 34.4 Å². The molecule has 18 heavy (non-hydrogen) atoms. The van der Waals surface area contributed by atoms with E-state index in [1.807, 2.05) is 0 Å². The highest BCUT2D eigenvalue weighted by Crippen LogP contribution is 2.28. The van der Waals surface area contributed by atoms with Gasteiger partial charge in [0.15, 0.2) is 5.75 Å². The lowest BCUT2D eigenvalue weighted by Gasteiger charge is -2.32. The molecule has 1 heterocycles. The molecule has 0 bridgehead atoms. The average Bonchev–Trinajstić information content (AvgIpc) is 2.38. The Balaban J connectivity index is 2.03. The van der Waals surface area contributed by atoms with Crippen LogP contribution < -0.4 is 10.1 Å². The van der Waals surface area contributed by atoms with E-state index in [1.54, 1.807) is 18.2 Å². The molecule has 1 saturated heterocycles. The van der Waals surface area contributed by atoms with Crippen molar-refractivity contribution >= 4 is 5.69 Å². The molecule has 0 atom stereocenters. The molecule has 1 aliphatic heterocycles. The fourth-order valence-electron chi connectivity index (χ4n) is 1.98.